The average molecular weight is 423 g/mol. The Balaban J connectivity index is 2.85. The quantitative estimate of drug-likeness (QED) is 0.283. The van der Waals surface area contributed by atoms with Crippen LogP contribution in [-0.4, -0.2) is 72.7 Å². The van der Waals surface area contributed by atoms with E-state index in [1.807, 2.05) is 13.8 Å². The molecule has 0 aromatic heterocycles. The van der Waals surface area contributed by atoms with Crippen molar-refractivity contribution in [3.8, 4) is 0 Å². The molecular formula is C22H38N4O4. The lowest BCUT2D eigenvalue weighted by molar-refractivity contribution is -0.135. The van der Waals surface area contributed by atoms with Crippen LogP contribution in [0.15, 0.2) is 11.6 Å². The molecule has 0 aromatic rings. The molecule has 1 aliphatic rings. The molecule has 1 aliphatic heterocycles. The van der Waals surface area contributed by atoms with Gasteiger partial charge >= 0.3 is 0 Å². The fourth-order valence-electron chi connectivity index (χ4n) is 3.71. The molecule has 2 atom stereocenters. The summed E-state index contributed by atoms with van der Waals surface area (Å²) in [5.41, 5.74) is 0.516. The zero-order chi connectivity index (χ0) is 22.7. The Kier molecular flexibility index (Phi) is 11.1. The summed E-state index contributed by atoms with van der Waals surface area (Å²) >= 11 is 0. The molecule has 0 bridgehead atoms. The van der Waals surface area contributed by atoms with Crippen molar-refractivity contribution in [2.45, 2.75) is 71.9 Å². The van der Waals surface area contributed by atoms with Gasteiger partial charge in [0, 0.05) is 25.7 Å². The Morgan fingerprint density at radius 2 is 1.93 bits per heavy atom. The largest absolute Gasteiger partial charge is 0.354 e. The highest BCUT2D eigenvalue weighted by Gasteiger charge is 2.34. The highest BCUT2D eigenvalue weighted by molar-refractivity contribution is 5.97. The third kappa shape index (κ3) is 7.46. The van der Waals surface area contributed by atoms with Crippen molar-refractivity contribution in [3.05, 3.63) is 11.6 Å². The Bertz CT molecular complexity index is 633. The van der Waals surface area contributed by atoms with E-state index in [4.69, 9.17) is 0 Å². The summed E-state index contributed by atoms with van der Waals surface area (Å²) in [7, 11) is 1.66. The number of likely N-dealkylation sites (N-methyl/N-ethyl adjacent to an activating group) is 1. The normalized spacial score (nSPS) is 17.6. The molecule has 1 saturated heterocycles. The maximum atomic E-state index is 13.1. The van der Waals surface area contributed by atoms with E-state index in [-0.39, 0.29) is 36.2 Å². The molecule has 1 rings (SSSR count). The minimum Gasteiger partial charge on any atom is -0.354 e. The van der Waals surface area contributed by atoms with Crippen molar-refractivity contribution in [2.75, 3.05) is 26.7 Å². The minimum absolute atomic E-state index is 0.0779. The first-order chi connectivity index (χ1) is 14.2. The number of nitrogens with zero attached hydrogens (tertiary/aromatic N) is 2. The number of hydrogen-bond acceptors (Lipinski definition) is 4. The first-order valence-corrected chi connectivity index (χ1v) is 10.9. The van der Waals surface area contributed by atoms with E-state index in [9.17, 15) is 19.2 Å². The molecule has 1 fully saturated rings. The number of likely N-dealkylation sites (tertiary alicyclic amines) is 1. The zero-order valence-corrected chi connectivity index (χ0v) is 19.1. The van der Waals surface area contributed by atoms with Gasteiger partial charge in [-0.1, -0.05) is 39.7 Å². The van der Waals surface area contributed by atoms with Crippen LogP contribution in [0.5, 0.6) is 0 Å². The smallest absolute Gasteiger partial charge is 0.249 e. The number of carbonyl (C=O) groups is 4. The molecule has 8 heteroatoms. The third-order valence-corrected chi connectivity index (χ3v) is 5.51. The molecule has 0 saturated carbocycles. The van der Waals surface area contributed by atoms with Gasteiger partial charge in [-0.3, -0.25) is 19.2 Å². The Morgan fingerprint density at radius 3 is 2.53 bits per heavy atom. The Morgan fingerprint density at radius 1 is 1.23 bits per heavy atom. The number of unbranched alkanes of at least 4 members (excludes halogenated alkanes) is 2. The van der Waals surface area contributed by atoms with Gasteiger partial charge in [-0.2, -0.15) is 0 Å². The monoisotopic (exact) mass is 422 g/mol. The van der Waals surface area contributed by atoms with Gasteiger partial charge in [0.05, 0.1) is 12.6 Å². The van der Waals surface area contributed by atoms with E-state index in [1.165, 1.54) is 0 Å². The summed E-state index contributed by atoms with van der Waals surface area (Å²) in [6.07, 6.45) is 6.85. The molecule has 1 heterocycles. The number of carbonyl (C=O) groups excluding carboxylic acids is 4. The second kappa shape index (κ2) is 13.0. The van der Waals surface area contributed by atoms with Crippen molar-refractivity contribution < 1.29 is 19.2 Å². The fourth-order valence-corrected chi connectivity index (χ4v) is 3.71. The third-order valence-electron chi connectivity index (χ3n) is 5.51. The van der Waals surface area contributed by atoms with Crippen LogP contribution in [0, 0.1) is 5.92 Å². The van der Waals surface area contributed by atoms with Gasteiger partial charge in [-0.05, 0) is 32.1 Å². The predicted molar refractivity (Wildman–Crippen MR) is 116 cm³/mol. The van der Waals surface area contributed by atoms with Gasteiger partial charge in [0.25, 0.3) is 0 Å². The number of hydrogen-bond donors (Lipinski definition) is 2. The molecule has 30 heavy (non-hydrogen) atoms. The van der Waals surface area contributed by atoms with Crippen LogP contribution < -0.4 is 10.6 Å². The maximum absolute atomic E-state index is 13.1. The van der Waals surface area contributed by atoms with Gasteiger partial charge in [-0.25, -0.2) is 0 Å². The number of nitrogens with one attached hydrogen (secondary N) is 2. The summed E-state index contributed by atoms with van der Waals surface area (Å²) in [5.74, 6) is -0.409. The SMILES string of the molecule is CCCCCNC(=O)[C@@H]1CCCN1C(=O)C(C)=C[C@H](C(C)C)N(C)C(=O)CNC=O. The van der Waals surface area contributed by atoms with Crippen molar-refractivity contribution in [3.63, 3.8) is 0 Å². The van der Waals surface area contributed by atoms with Crippen molar-refractivity contribution in [1.82, 2.24) is 20.4 Å². The zero-order valence-electron chi connectivity index (χ0n) is 19.1. The predicted octanol–water partition coefficient (Wildman–Crippen LogP) is 1.46. The van der Waals surface area contributed by atoms with Crippen LogP contribution in [0.3, 0.4) is 0 Å². The topological polar surface area (TPSA) is 98.8 Å². The second-order valence-electron chi connectivity index (χ2n) is 8.24. The molecule has 0 aliphatic carbocycles. The van der Waals surface area contributed by atoms with Gasteiger partial charge in [0.15, 0.2) is 0 Å². The molecule has 8 nitrogen and oxygen atoms in total. The Hall–Kier alpha value is -2.38. The van der Waals surface area contributed by atoms with Crippen molar-refractivity contribution in [1.29, 1.82) is 0 Å². The number of rotatable bonds is 12. The summed E-state index contributed by atoms with van der Waals surface area (Å²) in [6.45, 7) is 8.89. The second-order valence-corrected chi connectivity index (χ2v) is 8.24. The van der Waals surface area contributed by atoms with Crippen LogP contribution in [-0.2, 0) is 19.2 Å². The molecule has 0 unspecified atom stereocenters. The van der Waals surface area contributed by atoms with E-state index in [2.05, 4.69) is 17.6 Å². The lowest BCUT2D eigenvalue weighted by Gasteiger charge is -2.30. The van der Waals surface area contributed by atoms with Crippen molar-refractivity contribution >= 4 is 24.1 Å². The Labute approximate surface area is 180 Å². The van der Waals surface area contributed by atoms with Gasteiger partial charge in [0.1, 0.15) is 6.04 Å². The van der Waals surface area contributed by atoms with Gasteiger partial charge in [-0.15, -0.1) is 0 Å². The highest BCUT2D eigenvalue weighted by atomic mass is 16.2. The van der Waals surface area contributed by atoms with Crippen LogP contribution in [0.2, 0.25) is 0 Å². The molecular weight excluding hydrogens is 384 g/mol. The van der Waals surface area contributed by atoms with E-state index in [0.29, 0.717) is 31.5 Å². The molecule has 4 amide bonds. The summed E-state index contributed by atoms with van der Waals surface area (Å²) in [4.78, 5) is 51.6. The molecule has 0 spiro atoms. The van der Waals surface area contributed by atoms with E-state index in [0.717, 1.165) is 25.7 Å². The average Bonchev–Trinajstić information content (AvgIpc) is 3.21. The first-order valence-electron chi connectivity index (χ1n) is 10.9. The number of amides is 4. The standard InChI is InChI=1S/C22H38N4O4/c1-6-7-8-11-24-21(29)18-10-9-12-26(18)22(30)17(4)13-19(16(2)3)25(5)20(28)14-23-15-27/h13,15-16,18-19H,6-12,14H2,1-5H3,(H,23,27)(H,24,29)/t18-,19+/m0/s1. The van der Waals surface area contributed by atoms with Crippen LogP contribution in [0.4, 0.5) is 0 Å². The summed E-state index contributed by atoms with van der Waals surface area (Å²) in [6, 6.07) is -0.727. The van der Waals surface area contributed by atoms with Crippen LogP contribution in [0.25, 0.3) is 0 Å². The van der Waals surface area contributed by atoms with E-state index < -0.39 is 6.04 Å². The van der Waals surface area contributed by atoms with E-state index >= 15 is 0 Å². The van der Waals surface area contributed by atoms with Crippen LogP contribution in [0.1, 0.15) is 59.8 Å². The highest BCUT2D eigenvalue weighted by Crippen LogP contribution is 2.21. The van der Waals surface area contributed by atoms with E-state index in [1.54, 1.807) is 29.8 Å². The lowest BCUT2D eigenvalue weighted by Crippen LogP contribution is -2.47. The lowest BCUT2D eigenvalue weighted by atomic mass is 9.99. The molecule has 0 radical (unpaired) electrons. The molecule has 2 N–H and O–H groups in total. The van der Waals surface area contributed by atoms with Crippen LogP contribution >= 0.6 is 0 Å². The van der Waals surface area contributed by atoms with Crippen molar-refractivity contribution in [2.24, 2.45) is 5.92 Å². The first kappa shape index (κ1) is 25.7. The summed E-state index contributed by atoms with van der Waals surface area (Å²) < 4.78 is 0. The summed E-state index contributed by atoms with van der Waals surface area (Å²) in [5, 5.41) is 5.33. The maximum Gasteiger partial charge on any atom is 0.249 e. The minimum atomic E-state index is -0.434. The fraction of sp³-hybridized carbons (Fsp3) is 0.727. The molecule has 170 valence electrons. The molecule has 0 aromatic carbocycles. The van der Waals surface area contributed by atoms with Gasteiger partial charge < -0.3 is 20.4 Å². The van der Waals surface area contributed by atoms with Gasteiger partial charge in [0.2, 0.25) is 24.1 Å².